The van der Waals surface area contributed by atoms with Gasteiger partial charge in [-0.1, -0.05) is 13.8 Å². The maximum Gasteiger partial charge on any atom is 0.0817 e. The van der Waals surface area contributed by atoms with E-state index in [4.69, 9.17) is 0 Å². The van der Waals surface area contributed by atoms with Crippen molar-refractivity contribution in [2.45, 2.75) is 38.8 Å². The van der Waals surface area contributed by atoms with Crippen LogP contribution in [-0.2, 0) is 0 Å². The van der Waals surface area contributed by atoms with Crippen LogP contribution in [0.5, 0.6) is 0 Å². The zero-order chi connectivity index (χ0) is 9.68. The van der Waals surface area contributed by atoms with Crippen molar-refractivity contribution in [3.8, 4) is 0 Å². The summed E-state index contributed by atoms with van der Waals surface area (Å²) in [5.41, 5.74) is 0. The molecule has 1 aliphatic rings. The Balaban J connectivity index is 2.24. The maximum atomic E-state index is 9.80. The van der Waals surface area contributed by atoms with E-state index >= 15 is 0 Å². The van der Waals surface area contributed by atoms with Crippen molar-refractivity contribution in [1.29, 1.82) is 0 Å². The van der Waals surface area contributed by atoms with Crippen molar-refractivity contribution in [3.05, 3.63) is 0 Å². The van der Waals surface area contributed by atoms with Crippen LogP contribution in [-0.4, -0.2) is 36.9 Å². The highest BCUT2D eigenvalue weighted by molar-refractivity contribution is 4.83. The van der Waals surface area contributed by atoms with Gasteiger partial charge in [0.15, 0.2) is 0 Å². The Hall–Kier alpha value is -0.120. The van der Waals surface area contributed by atoms with E-state index in [1.165, 1.54) is 6.42 Å². The van der Waals surface area contributed by atoms with Crippen molar-refractivity contribution in [2.24, 2.45) is 5.92 Å². The molecule has 0 aromatic rings. The molecule has 3 nitrogen and oxygen atoms in total. The van der Waals surface area contributed by atoms with Gasteiger partial charge >= 0.3 is 0 Å². The molecular formula is C10H22N2O. The second-order valence-electron chi connectivity index (χ2n) is 4.07. The van der Waals surface area contributed by atoms with Gasteiger partial charge in [-0.05, 0) is 31.8 Å². The van der Waals surface area contributed by atoms with Gasteiger partial charge in [0.1, 0.15) is 0 Å². The molecule has 0 aromatic heterocycles. The van der Waals surface area contributed by atoms with Crippen LogP contribution in [0.3, 0.4) is 0 Å². The van der Waals surface area contributed by atoms with E-state index in [0.717, 1.165) is 25.4 Å². The van der Waals surface area contributed by atoms with Gasteiger partial charge in [0.2, 0.25) is 0 Å². The van der Waals surface area contributed by atoms with Crippen LogP contribution in [0, 0.1) is 5.92 Å². The third kappa shape index (κ3) is 3.63. The lowest BCUT2D eigenvalue weighted by Gasteiger charge is -2.31. The SMILES string of the molecule is CCNCC(O)C1CC(C)CCN1. The number of aliphatic hydroxyl groups excluding tert-OH is 1. The monoisotopic (exact) mass is 186 g/mol. The van der Waals surface area contributed by atoms with Gasteiger partial charge in [-0.3, -0.25) is 0 Å². The van der Waals surface area contributed by atoms with Gasteiger partial charge in [0, 0.05) is 12.6 Å². The fraction of sp³-hybridized carbons (Fsp3) is 1.00. The molecule has 13 heavy (non-hydrogen) atoms. The van der Waals surface area contributed by atoms with Crippen LogP contribution in [0.4, 0.5) is 0 Å². The molecule has 1 rings (SSSR count). The fourth-order valence-electron chi connectivity index (χ4n) is 1.88. The molecule has 3 N–H and O–H groups in total. The summed E-state index contributed by atoms with van der Waals surface area (Å²) >= 11 is 0. The van der Waals surface area contributed by atoms with Crippen molar-refractivity contribution in [3.63, 3.8) is 0 Å². The van der Waals surface area contributed by atoms with E-state index in [2.05, 4.69) is 24.5 Å². The molecule has 1 fully saturated rings. The Kier molecular flexibility index (Phi) is 4.70. The topological polar surface area (TPSA) is 44.3 Å². The van der Waals surface area contributed by atoms with Gasteiger partial charge in [0.25, 0.3) is 0 Å². The first kappa shape index (κ1) is 11.0. The average molecular weight is 186 g/mol. The van der Waals surface area contributed by atoms with E-state index in [0.29, 0.717) is 12.6 Å². The molecule has 1 heterocycles. The molecule has 1 aliphatic heterocycles. The standard InChI is InChI=1S/C10H22N2O/c1-3-11-7-10(13)9-6-8(2)4-5-12-9/h8-13H,3-7H2,1-2H3. The summed E-state index contributed by atoms with van der Waals surface area (Å²) in [6.07, 6.45) is 2.11. The van der Waals surface area contributed by atoms with Crippen molar-refractivity contribution < 1.29 is 5.11 Å². The van der Waals surface area contributed by atoms with Crippen LogP contribution in [0.1, 0.15) is 26.7 Å². The number of rotatable bonds is 4. The van der Waals surface area contributed by atoms with Crippen LogP contribution in [0.2, 0.25) is 0 Å². The Labute approximate surface area is 80.9 Å². The smallest absolute Gasteiger partial charge is 0.0817 e. The van der Waals surface area contributed by atoms with E-state index < -0.39 is 0 Å². The van der Waals surface area contributed by atoms with Crippen molar-refractivity contribution >= 4 is 0 Å². The van der Waals surface area contributed by atoms with E-state index in [-0.39, 0.29) is 6.10 Å². The zero-order valence-corrected chi connectivity index (χ0v) is 8.71. The maximum absolute atomic E-state index is 9.80. The Morgan fingerprint density at radius 3 is 3.00 bits per heavy atom. The molecule has 0 amide bonds. The third-order valence-corrected chi connectivity index (χ3v) is 2.77. The first-order valence-corrected chi connectivity index (χ1v) is 5.36. The normalized spacial score (nSPS) is 31.6. The summed E-state index contributed by atoms with van der Waals surface area (Å²) in [6, 6.07) is 0.294. The molecule has 0 radical (unpaired) electrons. The predicted molar refractivity (Wildman–Crippen MR) is 54.7 cm³/mol. The second-order valence-corrected chi connectivity index (χ2v) is 4.07. The Morgan fingerprint density at radius 1 is 1.62 bits per heavy atom. The molecule has 3 atom stereocenters. The zero-order valence-electron chi connectivity index (χ0n) is 8.71. The molecule has 0 spiro atoms. The lowest BCUT2D eigenvalue weighted by atomic mass is 9.91. The summed E-state index contributed by atoms with van der Waals surface area (Å²) in [4.78, 5) is 0. The molecule has 78 valence electrons. The number of hydrogen-bond donors (Lipinski definition) is 3. The van der Waals surface area contributed by atoms with Gasteiger partial charge in [0.05, 0.1) is 6.10 Å². The van der Waals surface area contributed by atoms with E-state index in [1.54, 1.807) is 0 Å². The highest BCUT2D eigenvalue weighted by Gasteiger charge is 2.23. The lowest BCUT2D eigenvalue weighted by Crippen LogP contribution is -2.49. The predicted octanol–water partition coefficient (Wildman–Crippen LogP) is 0.345. The summed E-state index contributed by atoms with van der Waals surface area (Å²) in [5.74, 6) is 0.752. The number of piperidine rings is 1. The van der Waals surface area contributed by atoms with Crippen molar-refractivity contribution in [2.75, 3.05) is 19.6 Å². The average Bonchev–Trinajstić information content (AvgIpc) is 2.14. The van der Waals surface area contributed by atoms with Gasteiger partial charge in [-0.2, -0.15) is 0 Å². The second kappa shape index (κ2) is 5.58. The van der Waals surface area contributed by atoms with Crippen molar-refractivity contribution in [1.82, 2.24) is 10.6 Å². The highest BCUT2D eigenvalue weighted by atomic mass is 16.3. The third-order valence-electron chi connectivity index (χ3n) is 2.77. The number of nitrogens with one attached hydrogen (secondary N) is 2. The van der Waals surface area contributed by atoms with Crippen LogP contribution in [0.15, 0.2) is 0 Å². The molecule has 1 saturated heterocycles. The largest absolute Gasteiger partial charge is 0.390 e. The minimum atomic E-state index is -0.234. The van der Waals surface area contributed by atoms with Gasteiger partial charge < -0.3 is 15.7 Å². The lowest BCUT2D eigenvalue weighted by molar-refractivity contribution is 0.100. The van der Waals surface area contributed by atoms with Crippen LogP contribution >= 0.6 is 0 Å². The molecule has 3 heteroatoms. The summed E-state index contributed by atoms with van der Waals surface area (Å²) in [7, 11) is 0. The summed E-state index contributed by atoms with van der Waals surface area (Å²) < 4.78 is 0. The summed E-state index contributed by atoms with van der Waals surface area (Å²) in [6.45, 7) is 7.01. The summed E-state index contributed by atoms with van der Waals surface area (Å²) in [5, 5.41) is 16.3. The Bertz CT molecular complexity index is 141. The van der Waals surface area contributed by atoms with Crippen LogP contribution < -0.4 is 10.6 Å². The van der Waals surface area contributed by atoms with Gasteiger partial charge in [-0.25, -0.2) is 0 Å². The minimum absolute atomic E-state index is 0.234. The molecule has 0 bridgehead atoms. The van der Waals surface area contributed by atoms with Gasteiger partial charge in [-0.15, -0.1) is 0 Å². The minimum Gasteiger partial charge on any atom is -0.390 e. The molecule has 0 aliphatic carbocycles. The fourth-order valence-corrected chi connectivity index (χ4v) is 1.88. The van der Waals surface area contributed by atoms with E-state index in [9.17, 15) is 5.11 Å². The first-order valence-electron chi connectivity index (χ1n) is 5.36. The Morgan fingerprint density at radius 2 is 2.38 bits per heavy atom. The first-order chi connectivity index (χ1) is 6.24. The quantitative estimate of drug-likeness (QED) is 0.593. The molecule has 0 aromatic carbocycles. The number of aliphatic hydroxyl groups is 1. The van der Waals surface area contributed by atoms with Crippen LogP contribution in [0.25, 0.3) is 0 Å². The molecule has 0 saturated carbocycles. The highest BCUT2D eigenvalue weighted by Crippen LogP contribution is 2.16. The number of likely N-dealkylation sites (N-methyl/N-ethyl adjacent to an activating group) is 1. The van der Waals surface area contributed by atoms with E-state index in [1.807, 2.05) is 0 Å². The molecular weight excluding hydrogens is 164 g/mol. The molecule has 3 unspecified atom stereocenters. The number of hydrogen-bond acceptors (Lipinski definition) is 3.